The molecule has 1 saturated heterocycles. The van der Waals surface area contributed by atoms with Crippen molar-refractivity contribution >= 4 is 0 Å². The average molecular weight is 263 g/mol. The molecule has 0 amide bonds. The highest BCUT2D eigenvalue weighted by atomic mass is 16.5. The Kier molecular flexibility index (Phi) is 5.63. The van der Waals surface area contributed by atoms with Gasteiger partial charge in [-0.25, -0.2) is 0 Å². The Labute approximate surface area is 116 Å². The van der Waals surface area contributed by atoms with Gasteiger partial charge in [0, 0.05) is 50.9 Å². The fourth-order valence-electron chi connectivity index (χ4n) is 2.52. The molecule has 19 heavy (non-hydrogen) atoms. The van der Waals surface area contributed by atoms with Crippen molar-refractivity contribution < 1.29 is 4.74 Å². The first-order valence-electron chi connectivity index (χ1n) is 7.08. The van der Waals surface area contributed by atoms with Gasteiger partial charge in [0.2, 0.25) is 0 Å². The first-order chi connectivity index (χ1) is 9.31. The van der Waals surface area contributed by atoms with Crippen LogP contribution >= 0.6 is 0 Å². The van der Waals surface area contributed by atoms with Gasteiger partial charge in [-0.15, -0.1) is 0 Å². The summed E-state index contributed by atoms with van der Waals surface area (Å²) in [6, 6.07) is 8.76. The van der Waals surface area contributed by atoms with Crippen LogP contribution in [0.15, 0.2) is 24.3 Å². The molecule has 1 heterocycles. The third-order valence-electron chi connectivity index (χ3n) is 3.72. The van der Waals surface area contributed by atoms with Crippen LogP contribution in [-0.4, -0.2) is 50.8 Å². The Morgan fingerprint density at radius 2 is 2.05 bits per heavy atom. The second-order valence-electron chi connectivity index (χ2n) is 5.08. The van der Waals surface area contributed by atoms with Crippen molar-refractivity contribution in [2.24, 2.45) is 0 Å². The quantitative estimate of drug-likeness (QED) is 0.805. The van der Waals surface area contributed by atoms with Crippen molar-refractivity contribution in [1.82, 2.24) is 15.5 Å². The van der Waals surface area contributed by atoms with E-state index in [0.29, 0.717) is 6.04 Å². The van der Waals surface area contributed by atoms with Gasteiger partial charge in [0.15, 0.2) is 0 Å². The van der Waals surface area contributed by atoms with E-state index >= 15 is 0 Å². The van der Waals surface area contributed by atoms with Crippen molar-refractivity contribution in [3.8, 4) is 5.75 Å². The van der Waals surface area contributed by atoms with Crippen LogP contribution in [0.25, 0.3) is 0 Å². The molecule has 4 nitrogen and oxygen atoms in total. The van der Waals surface area contributed by atoms with Crippen LogP contribution in [-0.2, 0) is 6.54 Å². The SMILES string of the molecule is COc1ccccc1CNCC(C)N1CCNCC1. The van der Waals surface area contributed by atoms with Gasteiger partial charge >= 0.3 is 0 Å². The lowest BCUT2D eigenvalue weighted by Crippen LogP contribution is -2.50. The highest BCUT2D eigenvalue weighted by Gasteiger charge is 2.15. The Bertz CT molecular complexity index is 377. The number of rotatable bonds is 6. The Hall–Kier alpha value is -1.10. The minimum absolute atomic E-state index is 0.580. The molecule has 2 N–H and O–H groups in total. The molecule has 0 radical (unpaired) electrons. The van der Waals surface area contributed by atoms with Crippen molar-refractivity contribution in [2.75, 3.05) is 39.8 Å². The maximum absolute atomic E-state index is 5.36. The Morgan fingerprint density at radius 3 is 2.79 bits per heavy atom. The average Bonchev–Trinajstić information content (AvgIpc) is 2.48. The summed E-state index contributed by atoms with van der Waals surface area (Å²) < 4.78 is 5.36. The Balaban J connectivity index is 1.76. The summed E-state index contributed by atoms with van der Waals surface area (Å²) in [5.41, 5.74) is 1.22. The first-order valence-corrected chi connectivity index (χ1v) is 7.08. The van der Waals surface area contributed by atoms with Gasteiger partial charge < -0.3 is 15.4 Å². The van der Waals surface area contributed by atoms with E-state index in [0.717, 1.165) is 45.0 Å². The van der Waals surface area contributed by atoms with Gasteiger partial charge in [-0.2, -0.15) is 0 Å². The zero-order chi connectivity index (χ0) is 13.5. The fourth-order valence-corrected chi connectivity index (χ4v) is 2.52. The summed E-state index contributed by atoms with van der Waals surface area (Å²) in [6.45, 7) is 8.68. The number of piperazine rings is 1. The maximum atomic E-state index is 5.36. The first kappa shape index (κ1) is 14.3. The van der Waals surface area contributed by atoms with E-state index in [4.69, 9.17) is 4.74 Å². The molecule has 0 spiro atoms. The Morgan fingerprint density at radius 1 is 1.32 bits per heavy atom. The van der Waals surface area contributed by atoms with E-state index in [-0.39, 0.29) is 0 Å². The molecule has 0 saturated carbocycles. The predicted octanol–water partition coefficient (Wildman–Crippen LogP) is 1.08. The van der Waals surface area contributed by atoms with E-state index in [1.165, 1.54) is 5.56 Å². The van der Waals surface area contributed by atoms with Crippen LogP contribution in [0.3, 0.4) is 0 Å². The number of nitrogens with one attached hydrogen (secondary N) is 2. The van der Waals surface area contributed by atoms with Crippen molar-refractivity contribution in [3.63, 3.8) is 0 Å². The predicted molar refractivity (Wildman–Crippen MR) is 78.6 cm³/mol. The summed E-state index contributed by atoms with van der Waals surface area (Å²) in [7, 11) is 1.72. The van der Waals surface area contributed by atoms with E-state index in [2.05, 4.69) is 34.6 Å². The number of para-hydroxylation sites is 1. The smallest absolute Gasteiger partial charge is 0.123 e. The minimum Gasteiger partial charge on any atom is -0.496 e. The molecule has 106 valence electrons. The molecule has 1 aliphatic heterocycles. The van der Waals surface area contributed by atoms with Gasteiger partial charge in [0.1, 0.15) is 5.75 Å². The summed E-state index contributed by atoms with van der Waals surface area (Å²) in [4.78, 5) is 2.53. The number of benzene rings is 1. The van der Waals surface area contributed by atoms with E-state index < -0.39 is 0 Å². The number of nitrogens with zero attached hydrogens (tertiary/aromatic N) is 1. The van der Waals surface area contributed by atoms with E-state index in [1.807, 2.05) is 12.1 Å². The topological polar surface area (TPSA) is 36.5 Å². The standard InChI is InChI=1S/C15H25N3O/c1-13(18-9-7-16-8-10-18)11-17-12-14-5-3-4-6-15(14)19-2/h3-6,13,16-17H,7-12H2,1-2H3. The second kappa shape index (κ2) is 7.48. The fraction of sp³-hybridized carbons (Fsp3) is 0.600. The molecule has 1 fully saturated rings. The summed E-state index contributed by atoms with van der Waals surface area (Å²) in [5, 5.41) is 6.92. The molecule has 4 heteroatoms. The molecule has 0 aromatic heterocycles. The summed E-state index contributed by atoms with van der Waals surface area (Å²) >= 11 is 0. The molecule has 0 aliphatic carbocycles. The number of ether oxygens (including phenoxy) is 1. The molecule has 1 aromatic rings. The van der Waals surface area contributed by atoms with Gasteiger partial charge in [-0.05, 0) is 13.0 Å². The number of hydrogen-bond acceptors (Lipinski definition) is 4. The van der Waals surface area contributed by atoms with Gasteiger partial charge in [-0.3, -0.25) is 4.90 Å². The lowest BCUT2D eigenvalue weighted by molar-refractivity contribution is 0.180. The lowest BCUT2D eigenvalue weighted by atomic mass is 10.2. The van der Waals surface area contributed by atoms with Gasteiger partial charge in [0.05, 0.1) is 7.11 Å². The van der Waals surface area contributed by atoms with Crippen molar-refractivity contribution in [1.29, 1.82) is 0 Å². The molecule has 1 unspecified atom stereocenters. The summed E-state index contributed by atoms with van der Waals surface area (Å²) in [5.74, 6) is 0.963. The van der Waals surface area contributed by atoms with Crippen molar-refractivity contribution in [2.45, 2.75) is 19.5 Å². The molecular formula is C15H25N3O. The molecule has 1 atom stereocenters. The molecule has 1 aromatic carbocycles. The molecule has 2 rings (SSSR count). The van der Waals surface area contributed by atoms with Gasteiger partial charge in [0.25, 0.3) is 0 Å². The van der Waals surface area contributed by atoms with Crippen LogP contribution in [0.1, 0.15) is 12.5 Å². The summed E-state index contributed by atoms with van der Waals surface area (Å²) in [6.07, 6.45) is 0. The van der Waals surface area contributed by atoms with Crippen LogP contribution in [0.2, 0.25) is 0 Å². The highest BCUT2D eigenvalue weighted by molar-refractivity contribution is 5.32. The third kappa shape index (κ3) is 4.20. The van der Waals surface area contributed by atoms with Crippen LogP contribution < -0.4 is 15.4 Å². The normalized spacial score (nSPS) is 18.2. The zero-order valence-electron chi connectivity index (χ0n) is 12.0. The third-order valence-corrected chi connectivity index (χ3v) is 3.72. The molecule has 0 bridgehead atoms. The minimum atomic E-state index is 0.580. The second-order valence-corrected chi connectivity index (χ2v) is 5.08. The molecular weight excluding hydrogens is 238 g/mol. The zero-order valence-corrected chi connectivity index (χ0v) is 12.0. The number of methoxy groups -OCH3 is 1. The number of hydrogen-bond donors (Lipinski definition) is 2. The monoisotopic (exact) mass is 263 g/mol. The maximum Gasteiger partial charge on any atom is 0.123 e. The van der Waals surface area contributed by atoms with Crippen LogP contribution in [0.4, 0.5) is 0 Å². The van der Waals surface area contributed by atoms with E-state index in [1.54, 1.807) is 7.11 Å². The van der Waals surface area contributed by atoms with Gasteiger partial charge in [-0.1, -0.05) is 18.2 Å². The van der Waals surface area contributed by atoms with Crippen LogP contribution in [0, 0.1) is 0 Å². The van der Waals surface area contributed by atoms with Crippen LogP contribution in [0.5, 0.6) is 5.75 Å². The van der Waals surface area contributed by atoms with Crippen molar-refractivity contribution in [3.05, 3.63) is 29.8 Å². The van der Waals surface area contributed by atoms with E-state index in [9.17, 15) is 0 Å². The molecule has 1 aliphatic rings. The largest absolute Gasteiger partial charge is 0.496 e. The lowest BCUT2D eigenvalue weighted by Gasteiger charge is -2.33. The highest BCUT2D eigenvalue weighted by Crippen LogP contribution is 2.16.